The molecule has 3 amide bonds. The molecule has 0 saturated carbocycles. The third-order valence-electron chi connectivity index (χ3n) is 4.46. The minimum absolute atomic E-state index is 0.132. The first-order valence-corrected chi connectivity index (χ1v) is 8.77. The SMILES string of the molecule is Cc1nn(-c2ccccc2)c(C)c1C(=O)C(=O)OC(C)C(=O)N1CCNC1=O. The highest BCUT2D eigenvalue weighted by Gasteiger charge is 2.34. The topological polar surface area (TPSA) is 111 Å². The quantitative estimate of drug-likeness (QED) is 0.470. The maximum absolute atomic E-state index is 12.6. The summed E-state index contributed by atoms with van der Waals surface area (Å²) in [5.74, 6) is -2.73. The first kappa shape index (κ1) is 19.3. The molecule has 9 heteroatoms. The highest BCUT2D eigenvalue weighted by molar-refractivity contribution is 6.41. The zero-order chi connectivity index (χ0) is 20.4. The number of urea groups is 1. The van der Waals surface area contributed by atoms with Gasteiger partial charge in [0.25, 0.3) is 11.7 Å². The van der Waals surface area contributed by atoms with E-state index in [4.69, 9.17) is 4.74 Å². The average Bonchev–Trinajstić information content (AvgIpc) is 3.23. The predicted molar refractivity (Wildman–Crippen MR) is 98.0 cm³/mol. The molecule has 9 nitrogen and oxygen atoms in total. The van der Waals surface area contributed by atoms with Gasteiger partial charge in [-0.3, -0.25) is 14.5 Å². The summed E-state index contributed by atoms with van der Waals surface area (Å²) >= 11 is 0. The second-order valence-corrected chi connectivity index (χ2v) is 6.39. The van der Waals surface area contributed by atoms with Crippen molar-refractivity contribution in [3.05, 3.63) is 47.3 Å². The molecule has 0 bridgehead atoms. The molecule has 2 heterocycles. The first-order valence-electron chi connectivity index (χ1n) is 8.77. The Morgan fingerprint density at radius 2 is 1.86 bits per heavy atom. The lowest BCUT2D eigenvalue weighted by molar-refractivity contribution is -0.153. The molecular formula is C19H20N4O5. The van der Waals surface area contributed by atoms with Gasteiger partial charge >= 0.3 is 12.0 Å². The van der Waals surface area contributed by atoms with E-state index in [1.165, 1.54) is 6.92 Å². The Hall–Kier alpha value is -3.49. The number of ketones is 1. The Labute approximate surface area is 161 Å². The number of aryl methyl sites for hydroxylation is 1. The Balaban J connectivity index is 1.77. The van der Waals surface area contributed by atoms with Crippen LogP contribution in [0.2, 0.25) is 0 Å². The van der Waals surface area contributed by atoms with Crippen LogP contribution in [0.1, 0.15) is 28.7 Å². The van der Waals surface area contributed by atoms with Gasteiger partial charge in [-0.25, -0.2) is 14.3 Å². The molecule has 0 aliphatic carbocycles. The monoisotopic (exact) mass is 384 g/mol. The van der Waals surface area contributed by atoms with E-state index in [0.717, 1.165) is 10.6 Å². The van der Waals surface area contributed by atoms with E-state index < -0.39 is 29.8 Å². The fraction of sp³-hybridized carbons (Fsp3) is 0.316. The van der Waals surface area contributed by atoms with E-state index >= 15 is 0 Å². The van der Waals surface area contributed by atoms with Crippen LogP contribution in [0, 0.1) is 13.8 Å². The third kappa shape index (κ3) is 3.51. The van der Waals surface area contributed by atoms with Crippen LogP contribution in [0.3, 0.4) is 0 Å². The minimum atomic E-state index is -1.26. The lowest BCUT2D eigenvalue weighted by Gasteiger charge is -2.17. The molecule has 1 aliphatic rings. The van der Waals surface area contributed by atoms with Gasteiger partial charge in [-0.1, -0.05) is 18.2 Å². The summed E-state index contributed by atoms with van der Waals surface area (Å²) in [5, 5.41) is 6.82. The molecule has 1 aliphatic heterocycles. The summed E-state index contributed by atoms with van der Waals surface area (Å²) in [6.45, 7) is 5.15. The van der Waals surface area contributed by atoms with Crippen molar-refractivity contribution in [3.8, 4) is 5.69 Å². The average molecular weight is 384 g/mol. The van der Waals surface area contributed by atoms with Crippen LogP contribution in [-0.4, -0.2) is 57.6 Å². The number of hydrogen-bond donors (Lipinski definition) is 1. The molecular weight excluding hydrogens is 364 g/mol. The van der Waals surface area contributed by atoms with E-state index in [-0.39, 0.29) is 12.1 Å². The summed E-state index contributed by atoms with van der Waals surface area (Å²) in [6.07, 6.45) is -1.26. The minimum Gasteiger partial charge on any atom is -0.447 e. The van der Waals surface area contributed by atoms with Crippen LogP contribution in [0.5, 0.6) is 0 Å². The van der Waals surface area contributed by atoms with Crippen LogP contribution in [-0.2, 0) is 14.3 Å². The van der Waals surface area contributed by atoms with Crippen LogP contribution < -0.4 is 5.32 Å². The Morgan fingerprint density at radius 1 is 1.18 bits per heavy atom. The first-order chi connectivity index (χ1) is 13.3. The number of nitrogens with one attached hydrogen (secondary N) is 1. The van der Waals surface area contributed by atoms with Gasteiger partial charge in [-0.05, 0) is 32.9 Å². The van der Waals surface area contributed by atoms with Crippen LogP contribution in [0.25, 0.3) is 5.69 Å². The normalized spacial score (nSPS) is 14.5. The molecule has 1 N–H and O–H groups in total. The molecule has 2 aromatic rings. The molecule has 1 fully saturated rings. The fourth-order valence-corrected chi connectivity index (χ4v) is 3.06. The van der Waals surface area contributed by atoms with Crippen LogP contribution in [0.4, 0.5) is 4.79 Å². The molecule has 0 spiro atoms. The molecule has 1 aromatic heterocycles. The van der Waals surface area contributed by atoms with Crippen LogP contribution >= 0.6 is 0 Å². The van der Waals surface area contributed by atoms with Crippen molar-refractivity contribution in [2.24, 2.45) is 0 Å². The Kier molecular flexibility index (Phi) is 5.25. The number of Topliss-reactive ketones (excluding diaryl/α,β-unsaturated/α-hetero) is 1. The summed E-state index contributed by atoms with van der Waals surface area (Å²) in [6, 6.07) is 8.64. The van der Waals surface area contributed by atoms with E-state index in [0.29, 0.717) is 17.9 Å². The maximum atomic E-state index is 12.6. The predicted octanol–water partition coefficient (Wildman–Crippen LogP) is 1.16. The summed E-state index contributed by atoms with van der Waals surface area (Å²) < 4.78 is 6.59. The molecule has 1 atom stereocenters. The summed E-state index contributed by atoms with van der Waals surface area (Å²) in [4.78, 5) is 49.7. The number of carbonyl (C=O) groups excluding carboxylic acids is 4. The van der Waals surface area contributed by atoms with Crippen molar-refractivity contribution in [1.29, 1.82) is 0 Å². The largest absolute Gasteiger partial charge is 0.447 e. The van der Waals surface area contributed by atoms with Crippen LogP contribution in [0.15, 0.2) is 30.3 Å². The molecule has 1 unspecified atom stereocenters. The summed E-state index contributed by atoms with van der Waals surface area (Å²) in [7, 11) is 0. The van der Waals surface area contributed by atoms with Crippen molar-refractivity contribution >= 4 is 23.7 Å². The van der Waals surface area contributed by atoms with Crippen molar-refractivity contribution in [2.45, 2.75) is 26.9 Å². The number of benzene rings is 1. The number of amides is 3. The van der Waals surface area contributed by atoms with Gasteiger partial charge in [0.15, 0.2) is 6.10 Å². The highest BCUT2D eigenvalue weighted by Crippen LogP contribution is 2.19. The number of ether oxygens (including phenoxy) is 1. The number of nitrogens with zero attached hydrogens (tertiary/aromatic N) is 3. The van der Waals surface area contributed by atoms with Gasteiger partial charge in [0.1, 0.15) is 0 Å². The van der Waals surface area contributed by atoms with Gasteiger partial charge in [-0.15, -0.1) is 0 Å². The lowest BCUT2D eigenvalue weighted by Crippen LogP contribution is -2.42. The van der Waals surface area contributed by atoms with E-state index in [9.17, 15) is 19.2 Å². The summed E-state index contributed by atoms with van der Waals surface area (Å²) in [5.41, 5.74) is 1.75. The zero-order valence-corrected chi connectivity index (χ0v) is 15.8. The fourth-order valence-electron chi connectivity index (χ4n) is 3.06. The number of carbonyl (C=O) groups is 4. The maximum Gasteiger partial charge on any atom is 0.380 e. The Morgan fingerprint density at radius 3 is 2.46 bits per heavy atom. The molecule has 0 radical (unpaired) electrons. The number of imide groups is 1. The van der Waals surface area contributed by atoms with E-state index in [2.05, 4.69) is 10.4 Å². The van der Waals surface area contributed by atoms with E-state index in [1.54, 1.807) is 18.5 Å². The number of hydrogen-bond acceptors (Lipinski definition) is 6. The molecule has 3 rings (SSSR count). The van der Waals surface area contributed by atoms with E-state index in [1.807, 2.05) is 30.3 Å². The van der Waals surface area contributed by atoms with Gasteiger partial charge < -0.3 is 10.1 Å². The second-order valence-electron chi connectivity index (χ2n) is 6.39. The van der Waals surface area contributed by atoms with Crippen molar-refractivity contribution in [3.63, 3.8) is 0 Å². The zero-order valence-electron chi connectivity index (χ0n) is 15.8. The number of esters is 1. The Bertz CT molecular complexity index is 951. The van der Waals surface area contributed by atoms with Crippen molar-refractivity contribution in [2.75, 3.05) is 13.1 Å². The van der Waals surface area contributed by atoms with Crippen molar-refractivity contribution < 1.29 is 23.9 Å². The number of para-hydroxylation sites is 1. The lowest BCUT2D eigenvalue weighted by atomic mass is 10.1. The van der Waals surface area contributed by atoms with Gasteiger partial charge in [-0.2, -0.15) is 5.10 Å². The molecule has 28 heavy (non-hydrogen) atoms. The third-order valence-corrected chi connectivity index (χ3v) is 4.46. The number of rotatable bonds is 5. The number of aromatic nitrogens is 2. The molecule has 146 valence electrons. The van der Waals surface area contributed by atoms with Crippen molar-refractivity contribution in [1.82, 2.24) is 20.0 Å². The van der Waals surface area contributed by atoms with Gasteiger partial charge in [0, 0.05) is 13.1 Å². The van der Waals surface area contributed by atoms with Gasteiger partial charge in [0.05, 0.1) is 22.6 Å². The van der Waals surface area contributed by atoms with Gasteiger partial charge in [0.2, 0.25) is 0 Å². The highest BCUT2D eigenvalue weighted by atomic mass is 16.6. The smallest absolute Gasteiger partial charge is 0.380 e. The second kappa shape index (κ2) is 7.63. The standard InChI is InChI=1S/C19H20N4O5/c1-11-15(12(2)23(21-11)14-7-5-4-6-8-14)16(24)18(26)28-13(3)17(25)22-10-9-20-19(22)27/h4-8,13H,9-10H2,1-3H3,(H,20,27). The molecule has 1 saturated heterocycles. The molecule has 1 aromatic carbocycles.